The summed E-state index contributed by atoms with van der Waals surface area (Å²) < 4.78 is 5.06. The third-order valence-electron chi connectivity index (χ3n) is 4.32. The molecule has 118 valence electrons. The van der Waals surface area contributed by atoms with E-state index in [0.29, 0.717) is 13.0 Å². The van der Waals surface area contributed by atoms with Gasteiger partial charge in [0, 0.05) is 0 Å². The van der Waals surface area contributed by atoms with Gasteiger partial charge < -0.3 is 9.84 Å². The molecule has 0 aromatic heterocycles. The van der Waals surface area contributed by atoms with Gasteiger partial charge in [0.15, 0.2) is 5.60 Å². The van der Waals surface area contributed by atoms with E-state index < -0.39 is 11.6 Å². The molecule has 1 atom stereocenters. The molecule has 1 fully saturated rings. The highest BCUT2D eigenvalue weighted by atomic mass is 16.6. The van der Waals surface area contributed by atoms with Crippen LogP contribution in [0.2, 0.25) is 0 Å². The van der Waals surface area contributed by atoms with Crippen LogP contribution in [0.5, 0.6) is 0 Å². The lowest BCUT2D eigenvalue weighted by molar-refractivity contribution is -0.143. The lowest BCUT2D eigenvalue weighted by atomic mass is 10.0. The maximum atomic E-state index is 10.9. The standard InChI is InChI=1S/C17H32O3/c1-2-3-4-5-6-7-8-9-10-11-12-13-14-17(15-20-17)16(18)19/h2-15H2,1H3,(H,18,19)/t17-/m0/s1. The SMILES string of the molecule is CCCCCCCCCCCCCC[C@@]1(C(=O)O)CO1. The Hall–Kier alpha value is -0.570. The number of hydrogen-bond donors (Lipinski definition) is 1. The van der Waals surface area contributed by atoms with Crippen molar-refractivity contribution in [3.8, 4) is 0 Å². The second-order valence-corrected chi connectivity index (χ2v) is 6.23. The Morgan fingerprint density at radius 2 is 1.30 bits per heavy atom. The average molecular weight is 284 g/mol. The molecule has 0 bridgehead atoms. The number of hydrogen-bond acceptors (Lipinski definition) is 2. The minimum Gasteiger partial charge on any atom is -0.479 e. The summed E-state index contributed by atoms with van der Waals surface area (Å²) >= 11 is 0. The molecule has 1 aliphatic heterocycles. The largest absolute Gasteiger partial charge is 0.479 e. The molecule has 1 saturated heterocycles. The Morgan fingerprint density at radius 3 is 1.65 bits per heavy atom. The third-order valence-corrected chi connectivity index (χ3v) is 4.32. The highest BCUT2D eigenvalue weighted by molar-refractivity contribution is 5.80. The predicted octanol–water partition coefficient (Wildman–Crippen LogP) is 4.93. The molecule has 1 N–H and O–H groups in total. The van der Waals surface area contributed by atoms with E-state index in [2.05, 4.69) is 6.92 Å². The minimum atomic E-state index is -0.793. The fourth-order valence-corrected chi connectivity index (χ4v) is 2.71. The first-order valence-electron chi connectivity index (χ1n) is 8.58. The second-order valence-electron chi connectivity index (χ2n) is 6.23. The van der Waals surface area contributed by atoms with Gasteiger partial charge in [0.1, 0.15) is 0 Å². The number of epoxide rings is 1. The van der Waals surface area contributed by atoms with Crippen LogP contribution in [0.3, 0.4) is 0 Å². The average Bonchev–Trinajstić information content (AvgIpc) is 3.21. The molecule has 0 aromatic rings. The topological polar surface area (TPSA) is 49.8 Å². The van der Waals surface area contributed by atoms with E-state index in [9.17, 15) is 4.79 Å². The number of aliphatic carboxylic acids is 1. The summed E-state index contributed by atoms with van der Waals surface area (Å²) in [6.07, 6.45) is 16.4. The van der Waals surface area contributed by atoms with Crippen molar-refractivity contribution < 1.29 is 14.6 Å². The van der Waals surface area contributed by atoms with Crippen molar-refractivity contribution in [2.24, 2.45) is 0 Å². The van der Waals surface area contributed by atoms with E-state index in [1.165, 1.54) is 64.2 Å². The van der Waals surface area contributed by atoms with Crippen LogP contribution >= 0.6 is 0 Å². The van der Waals surface area contributed by atoms with Gasteiger partial charge in [-0.1, -0.05) is 77.6 Å². The Bertz CT molecular complexity index is 259. The van der Waals surface area contributed by atoms with Gasteiger partial charge in [-0.2, -0.15) is 0 Å². The zero-order valence-electron chi connectivity index (χ0n) is 13.2. The maximum Gasteiger partial charge on any atom is 0.338 e. The van der Waals surface area contributed by atoms with Crippen LogP contribution in [-0.4, -0.2) is 23.3 Å². The normalized spacial score (nSPS) is 21.1. The predicted molar refractivity (Wildman–Crippen MR) is 82.0 cm³/mol. The molecule has 20 heavy (non-hydrogen) atoms. The first-order valence-corrected chi connectivity index (χ1v) is 8.58. The van der Waals surface area contributed by atoms with Crippen LogP contribution in [0.15, 0.2) is 0 Å². The van der Waals surface area contributed by atoms with Gasteiger partial charge in [-0.15, -0.1) is 0 Å². The number of unbranched alkanes of at least 4 members (excludes halogenated alkanes) is 11. The van der Waals surface area contributed by atoms with E-state index in [4.69, 9.17) is 9.84 Å². The van der Waals surface area contributed by atoms with Crippen molar-refractivity contribution in [2.75, 3.05) is 6.61 Å². The zero-order valence-corrected chi connectivity index (χ0v) is 13.2. The Balaban J connectivity index is 1.76. The summed E-state index contributed by atoms with van der Waals surface area (Å²) in [5.41, 5.74) is -0.793. The first-order chi connectivity index (χ1) is 9.71. The summed E-state index contributed by atoms with van der Waals surface area (Å²) in [5, 5.41) is 8.96. The van der Waals surface area contributed by atoms with E-state index >= 15 is 0 Å². The van der Waals surface area contributed by atoms with Gasteiger partial charge in [0.2, 0.25) is 0 Å². The molecular formula is C17H32O3. The molecule has 0 unspecified atom stereocenters. The van der Waals surface area contributed by atoms with E-state index in [-0.39, 0.29) is 0 Å². The van der Waals surface area contributed by atoms with Crippen molar-refractivity contribution in [2.45, 2.75) is 96.0 Å². The van der Waals surface area contributed by atoms with Gasteiger partial charge >= 0.3 is 5.97 Å². The summed E-state index contributed by atoms with van der Waals surface area (Å²) in [5.74, 6) is -0.777. The first kappa shape index (κ1) is 17.5. The molecule has 0 spiro atoms. The molecule has 1 rings (SSSR count). The summed E-state index contributed by atoms with van der Waals surface area (Å²) in [4.78, 5) is 10.9. The highest BCUT2D eigenvalue weighted by Gasteiger charge is 2.51. The van der Waals surface area contributed by atoms with Crippen LogP contribution in [0.1, 0.15) is 90.4 Å². The molecule has 3 heteroatoms. The monoisotopic (exact) mass is 284 g/mol. The lowest BCUT2D eigenvalue weighted by Gasteiger charge is -2.06. The molecule has 0 saturated carbocycles. The van der Waals surface area contributed by atoms with E-state index in [1.54, 1.807) is 0 Å². The Kier molecular flexibility index (Phi) is 8.92. The number of carboxylic acid groups (broad SMARTS) is 1. The van der Waals surface area contributed by atoms with E-state index in [1.807, 2.05) is 0 Å². The zero-order chi connectivity index (χ0) is 14.7. The molecule has 0 amide bonds. The fraction of sp³-hybridized carbons (Fsp3) is 0.941. The summed E-state index contributed by atoms with van der Waals surface area (Å²) in [7, 11) is 0. The smallest absolute Gasteiger partial charge is 0.338 e. The molecule has 3 nitrogen and oxygen atoms in total. The molecule has 1 heterocycles. The maximum absolute atomic E-state index is 10.9. The van der Waals surface area contributed by atoms with Crippen molar-refractivity contribution in [1.29, 1.82) is 0 Å². The third kappa shape index (κ3) is 7.28. The molecular weight excluding hydrogens is 252 g/mol. The van der Waals surface area contributed by atoms with Gasteiger partial charge in [-0.25, -0.2) is 4.79 Å². The summed E-state index contributed by atoms with van der Waals surface area (Å²) in [6, 6.07) is 0. The Morgan fingerprint density at radius 1 is 0.900 bits per heavy atom. The Labute approximate surface area is 124 Å². The van der Waals surface area contributed by atoms with Crippen LogP contribution in [0.4, 0.5) is 0 Å². The van der Waals surface area contributed by atoms with Gasteiger partial charge in [0.05, 0.1) is 6.61 Å². The van der Waals surface area contributed by atoms with Crippen LogP contribution in [-0.2, 0) is 9.53 Å². The van der Waals surface area contributed by atoms with Crippen LogP contribution < -0.4 is 0 Å². The van der Waals surface area contributed by atoms with Gasteiger partial charge in [-0.05, 0) is 12.8 Å². The van der Waals surface area contributed by atoms with Crippen molar-refractivity contribution in [3.63, 3.8) is 0 Å². The minimum absolute atomic E-state index is 0.417. The molecule has 0 aromatic carbocycles. The van der Waals surface area contributed by atoms with Crippen LogP contribution in [0, 0.1) is 0 Å². The molecule has 0 aliphatic carbocycles. The number of carbonyl (C=O) groups is 1. The fourth-order valence-electron chi connectivity index (χ4n) is 2.71. The van der Waals surface area contributed by atoms with Crippen molar-refractivity contribution in [3.05, 3.63) is 0 Å². The quantitative estimate of drug-likeness (QED) is 0.363. The second kappa shape index (κ2) is 10.2. The lowest BCUT2D eigenvalue weighted by Crippen LogP contribution is -2.23. The molecule has 1 aliphatic rings. The van der Waals surface area contributed by atoms with E-state index in [0.717, 1.165) is 12.8 Å². The van der Waals surface area contributed by atoms with Crippen molar-refractivity contribution >= 4 is 5.97 Å². The van der Waals surface area contributed by atoms with Gasteiger partial charge in [0.25, 0.3) is 0 Å². The highest BCUT2D eigenvalue weighted by Crippen LogP contribution is 2.33. The number of rotatable bonds is 14. The number of ether oxygens (including phenoxy) is 1. The van der Waals surface area contributed by atoms with Crippen molar-refractivity contribution in [1.82, 2.24) is 0 Å². The van der Waals surface area contributed by atoms with Crippen LogP contribution in [0.25, 0.3) is 0 Å². The molecule has 0 radical (unpaired) electrons. The number of carboxylic acids is 1. The van der Waals surface area contributed by atoms with Gasteiger partial charge in [-0.3, -0.25) is 0 Å². The summed E-state index contributed by atoms with van der Waals surface area (Å²) in [6.45, 7) is 2.67.